The van der Waals surface area contributed by atoms with Gasteiger partial charge in [0.05, 0.1) is 12.6 Å². The first kappa shape index (κ1) is 14.4. The molecule has 0 aromatic heterocycles. The van der Waals surface area contributed by atoms with Gasteiger partial charge in [0.1, 0.15) is 0 Å². The number of aryl methyl sites for hydroxylation is 1. The average Bonchev–Trinajstić information content (AvgIpc) is 3.19. The van der Waals surface area contributed by atoms with Crippen LogP contribution in [0.25, 0.3) is 0 Å². The predicted octanol–water partition coefficient (Wildman–Crippen LogP) is 1.96. The van der Waals surface area contributed by atoms with E-state index in [9.17, 15) is 4.79 Å². The summed E-state index contributed by atoms with van der Waals surface area (Å²) in [7, 11) is 0. The largest absolute Gasteiger partial charge is 0.394 e. The number of aliphatic hydroxyl groups is 1. The lowest BCUT2D eigenvalue weighted by Gasteiger charge is -2.26. The summed E-state index contributed by atoms with van der Waals surface area (Å²) in [5, 5.41) is 14.6. The Morgan fingerprint density at radius 2 is 2.29 bits per heavy atom. The Hall–Kier alpha value is -1.55. The molecule has 0 bridgehead atoms. The first-order valence-electron chi connectivity index (χ1n) is 7.89. The van der Waals surface area contributed by atoms with Crippen LogP contribution in [0.2, 0.25) is 0 Å². The Morgan fingerprint density at radius 3 is 3.10 bits per heavy atom. The molecule has 1 aromatic carbocycles. The van der Waals surface area contributed by atoms with Crippen LogP contribution in [0.1, 0.15) is 37.3 Å². The van der Waals surface area contributed by atoms with Crippen LogP contribution in [-0.4, -0.2) is 30.3 Å². The molecule has 2 amide bonds. The van der Waals surface area contributed by atoms with Crippen molar-refractivity contribution in [2.24, 2.45) is 5.92 Å². The van der Waals surface area contributed by atoms with E-state index in [0.29, 0.717) is 11.3 Å². The molecule has 1 saturated carbocycles. The molecule has 0 aliphatic heterocycles. The van der Waals surface area contributed by atoms with Crippen LogP contribution >= 0.6 is 0 Å². The van der Waals surface area contributed by atoms with Crippen molar-refractivity contribution in [2.45, 2.75) is 44.1 Å². The SMILES string of the molecule is C[C@H](CO)NC(=O)NC[C@@H]1C[C@@]12CCCc1ccccc12. The van der Waals surface area contributed by atoms with Gasteiger partial charge in [-0.15, -0.1) is 0 Å². The summed E-state index contributed by atoms with van der Waals surface area (Å²) in [6, 6.07) is 8.38. The van der Waals surface area contributed by atoms with Gasteiger partial charge < -0.3 is 15.7 Å². The molecule has 2 aliphatic rings. The van der Waals surface area contributed by atoms with Crippen molar-refractivity contribution in [1.29, 1.82) is 0 Å². The monoisotopic (exact) mass is 288 g/mol. The molecule has 114 valence electrons. The lowest BCUT2D eigenvalue weighted by Crippen LogP contribution is -2.43. The summed E-state index contributed by atoms with van der Waals surface area (Å²) in [5.74, 6) is 0.550. The van der Waals surface area contributed by atoms with Crippen molar-refractivity contribution >= 4 is 6.03 Å². The van der Waals surface area contributed by atoms with Crippen LogP contribution in [0.15, 0.2) is 24.3 Å². The number of hydrogen-bond donors (Lipinski definition) is 3. The van der Waals surface area contributed by atoms with Crippen molar-refractivity contribution < 1.29 is 9.90 Å². The highest BCUT2D eigenvalue weighted by molar-refractivity contribution is 5.74. The number of fused-ring (bicyclic) bond motifs is 2. The second kappa shape index (κ2) is 5.68. The lowest BCUT2D eigenvalue weighted by atomic mass is 9.78. The third-order valence-electron chi connectivity index (χ3n) is 5.02. The Morgan fingerprint density at radius 1 is 1.48 bits per heavy atom. The third kappa shape index (κ3) is 2.77. The van der Waals surface area contributed by atoms with Crippen LogP contribution in [0.5, 0.6) is 0 Å². The number of carbonyl (C=O) groups excluding carboxylic acids is 1. The molecule has 3 atom stereocenters. The molecule has 0 saturated heterocycles. The van der Waals surface area contributed by atoms with Crippen molar-refractivity contribution in [3.8, 4) is 0 Å². The number of benzene rings is 1. The number of urea groups is 1. The number of carbonyl (C=O) groups is 1. The molecule has 1 fully saturated rings. The second-order valence-electron chi connectivity index (χ2n) is 6.51. The van der Waals surface area contributed by atoms with Gasteiger partial charge in [-0.2, -0.15) is 0 Å². The normalized spacial score (nSPS) is 27.8. The molecule has 0 heterocycles. The van der Waals surface area contributed by atoms with Crippen LogP contribution < -0.4 is 10.6 Å². The van der Waals surface area contributed by atoms with Gasteiger partial charge in [-0.05, 0) is 49.7 Å². The fraction of sp³-hybridized carbons (Fsp3) is 0.588. The van der Waals surface area contributed by atoms with E-state index in [1.165, 1.54) is 36.8 Å². The van der Waals surface area contributed by atoms with E-state index in [1.807, 2.05) is 0 Å². The molecule has 0 unspecified atom stereocenters. The maximum atomic E-state index is 11.7. The number of amides is 2. The van der Waals surface area contributed by atoms with E-state index in [0.717, 1.165) is 6.54 Å². The van der Waals surface area contributed by atoms with Crippen molar-refractivity contribution in [1.82, 2.24) is 10.6 Å². The summed E-state index contributed by atoms with van der Waals surface area (Å²) >= 11 is 0. The average molecular weight is 288 g/mol. The van der Waals surface area contributed by atoms with Crippen molar-refractivity contribution in [3.63, 3.8) is 0 Å². The minimum atomic E-state index is -0.200. The van der Waals surface area contributed by atoms with E-state index < -0.39 is 0 Å². The molecule has 1 spiro atoms. The fourth-order valence-corrected chi connectivity index (χ4v) is 3.77. The highest BCUT2D eigenvalue weighted by Crippen LogP contribution is 2.59. The van der Waals surface area contributed by atoms with Gasteiger partial charge in [0, 0.05) is 12.0 Å². The minimum Gasteiger partial charge on any atom is -0.394 e. The van der Waals surface area contributed by atoms with Gasteiger partial charge in [-0.25, -0.2) is 4.79 Å². The van der Waals surface area contributed by atoms with Gasteiger partial charge >= 0.3 is 6.03 Å². The molecule has 21 heavy (non-hydrogen) atoms. The number of rotatable bonds is 4. The highest BCUT2D eigenvalue weighted by atomic mass is 16.3. The molecular formula is C17H24N2O2. The summed E-state index contributed by atoms with van der Waals surface area (Å²) in [4.78, 5) is 11.7. The lowest BCUT2D eigenvalue weighted by molar-refractivity contribution is 0.220. The topological polar surface area (TPSA) is 61.4 Å². The van der Waals surface area contributed by atoms with Crippen LogP contribution in [0.4, 0.5) is 4.79 Å². The minimum absolute atomic E-state index is 0.0336. The fourth-order valence-electron chi connectivity index (χ4n) is 3.77. The van der Waals surface area contributed by atoms with E-state index in [1.54, 1.807) is 6.92 Å². The molecule has 3 N–H and O–H groups in total. The van der Waals surface area contributed by atoms with E-state index in [2.05, 4.69) is 34.9 Å². The quantitative estimate of drug-likeness (QED) is 0.793. The van der Waals surface area contributed by atoms with Crippen molar-refractivity contribution in [3.05, 3.63) is 35.4 Å². The zero-order valence-electron chi connectivity index (χ0n) is 12.6. The van der Waals surface area contributed by atoms with Gasteiger partial charge in [0.15, 0.2) is 0 Å². The first-order chi connectivity index (χ1) is 10.2. The Labute approximate surface area is 125 Å². The molecule has 4 heteroatoms. The summed E-state index contributed by atoms with van der Waals surface area (Å²) in [6.45, 7) is 2.47. The molecule has 3 rings (SSSR count). The number of hydrogen-bond acceptors (Lipinski definition) is 2. The molecule has 1 aromatic rings. The van der Waals surface area contributed by atoms with Crippen LogP contribution in [0, 0.1) is 5.92 Å². The summed E-state index contributed by atoms with van der Waals surface area (Å²) in [5.41, 5.74) is 3.31. The third-order valence-corrected chi connectivity index (χ3v) is 5.02. The zero-order valence-corrected chi connectivity index (χ0v) is 12.6. The van der Waals surface area contributed by atoms with Gasteiger partial charge in [0.25, 0.3) is 0 Å². The summed E-state index contributed by atoms with van der Waals surface area (Å²) in [6.07, 6.45) is 4.86. The maximum absolute atomic E-state index is 11.7. The number of nitrogens with one attached hydrogen (secondary N) is 2. The van der Waals surface area contributed by atoms with Crippen molar-refractivity contribution in [2.75, 3.05) is 13.2 Å². The van der Waals surface area contributed by atoms with Crippen LogP contribution in [-0.2, 0) is 11.8 Å². The zero-order chi connectivity index (χ0) is 14.9. The summed E-state index contributed by atoms with van der Waals surface area (Å²) < 4.78 is 0. The van der Waals surface area contributed by atoms with Gasteiger partial charge in [-0.1, -0.05) is 24.3 Å². The standard InChI is InChI=1S/C17H24N2O2/c1-12(11-20)19-16(21)18-10-14-9-17(14)8-4-6-13-5-2-3-7-15(13)17/h2-3,5,7,12,14,20H,4,6,8-11H2,1H3,(H2,18,19,21)/t12-,14+,17+/m1/s1. The second-order valence-corrected chi connectivity index (χ2v) is 6.51. The molecular weight excluding hydrogens is 264 g/mol. The predicted molar refractivity (Wildman–Crippen MR) is 82.2 cm³/mol. The highest BCUT2D eigenvalue weighted by Gasteiger charge is 2.56. The first-order valence-corrected chi connectivity index (χ1v) is 7.89. The smallest absolute Gasteiger partial charge is 0.315 e. The van der Waals surface area contributed by atoms with E-state index in [4.69, 9.17) is 5.11 Å². The van der Waals surface area contributed by atoms with Crippen LogP contribution in [0.3, 0.4) is 0 Å². The Balaban J connectivity index is 1.58. The van der Waals surface area contributed by atoms with E-state index in [-0.39, 0.29) is 18.7 Å². The number of aliphatic hydroxyl groups excluding tert-OH is 1. The molecule has 4 nitrogen and oxygen atoms in total. The maximum Gasteiger partial charge on any atom is 0.315 e. The van der Waals surface area contributed by atoms with Gasteiger partial charge in [-0.3, -0.25) is 0 Å². The Bertz CT molecular complexity index is 531. The molecule has 0 radical (unpaired) electrons. The van der Waals surface area contributed by atoms with Gasteiger partial charge in [0.2, 0.25) is 0 Å². The Kier molecular flexibility index (Phi) is 3.89. The molecule has 2 aliphatic carbocycles. The van der Waals surface area contributed by atoms with E-state index >= 15 is 0 Å².